The van der Waals surface area contributed by atoms with Crippen LogP contribution in [0.15, 0.2) is 24.3 Å². The van der Waals surface area contributed by atoms with E-state index in [2.05, 4.69) is 28.6 Å². The molecule has 0 radical (unpaired) electrons. The van der Waals surface area contributed by atoms with E-state index in [1.807, 2.05) is 45.6 Å². The van der Waals surface area contributed by atoms with Crippen LogP contribution in [0.25, 0.3) is 0 Å². The first kappa shape index (κ1) is 30.0. The van der Waals surface area contributed by atoms with E-state index in [1.165, 1.54) is 17.8 Å². The Morgan fingerprint density at radius 1 is 1.15 bits per heavy atom. The number of nitrogens with one attached hydrogen (secondary N) is 1. The fourth-order valence-electron chi connectivity index (χ4n) is 6.08. The summed E-state index contributed by atoms with van der Waals surface area (Å²) in [6, 6.07) is 6.56. The van der Waals surface area contributed by atoms with Crippen molar-refractivity contribution in [2.75, 3.05) is 19.6 Å². The lowest BCUT2D eigenvalue weighted by atomic mass is 9.96. The van der Waals surface area contributed by atoms with Gasteiger partial charge in [0.15, 0.2) is 0 Å². The van der Waals surface area contributed by atoms with Crippen LogP contribution >= 0.6 is 0 Å². The number of benzene rings is 1. The fraction of sp³-hybridized carbons (Fsp3) is 0.645. The summed E-state index contributed by atoms with van der Waals surface area (Å²) in [5, 5.41) is 2.98. The third-order valence-electron chi connectivity index (χ3n) is 8.04. The molecule has 1 aromatic heterocycles. The number of likely N-dealkylation sites (tertiary alicyclic amines) is 1. The van der Waals surface area contributed by atoms with Gasteiger partial charge in [-0.15, -0.1) is 0 Å². The summed E-state index contributed by atoms with van der Waals surface area (Å²) in [6.07, 6.45) is 2.91. The minimum Gasteiger partial charge on any atom is -0.444 e. The molecule has 1 aromatic carbocycles. The Morgan fingerprint density at radius 2 is 1.85 bits per heavy atom. The summed E-state index contributed by atoms with van der Waals surface area (Å²) in [4.78, 5) is 34.6. The molecule has 2 aliphatic rings. The standard InChI is InChI=1S/C31H46FN5O3/c1-20(2)29(38)36-16-13-26-28(19-36)37(22(4)33-26)25-11-14-35(15-12-25)21(3)17-27(23-9-8-10-24(32)18-23)34-30(39)40-31(5,6)7/h8-10,18,20-21,25,27H,11-17,19H2,1-7H3,(H,34,39)/t21?,27-/m0/s1. The fourth-order valence-corrected chi connectivity index (χ4v) is 6.08. The van der Waals surface area contributed by atoms with Gasteiger partial charge in [0, 0.05) is 44.1 Å². The molecule has 2 aromatic rings. The molecule has 9 heteroatoms. The van der Waals surface area contributed by atoms with Crippen LogP contribution in [0, 0.1) is 18.7 Å². The molecule has 1 fully saturated rings. The van der Waals surface area contributed by atoms with Crippen molar-refractivity contribution in [3.8, 4) is 0 Å². The van der Waals surface area contributed by atoms with Gasteiger partial charge < -0.3 is 24.4 Å². The van der Waals surface area contributed by atoms with Crippen molar-refractivity contribution >= 4 is 12.0 Å². The summed E-state index contributed by atoms with van der Waals surface area (Å²) in [7, 11) is 0. The number of nitrogens with zero attached hydrogens (tertiary/aromatic N) is 4. The number of rotatable bonds is 7. The highest BCUT2D eigenvalue weighted by molar-refractivity contribution is 5.78. The van der Waals surface area contributed by atoms with Crippen LogP contribution in [0.5, 0.6) is 0 Å². The maximum Gasteiger partial charge on any atom is 0.408 e. The molecule has 1 N–H and O–H groups in total. The number of aryl methyl sites for hydroxylation is 1. The van der Waals surface area contributed by atoms with Crippen molar-refractivity contribution in [1.82, 2.24) is 24.7 Å². The summed E-state index contributed by atoms with van der Waals surface area (Å²) in [5.74, 6) is 0.898. The van der Waals surface area contributed by atoms with Crippen molar-refractivity contribution in [3.05, 3.63) is 52.9 Å². The van der Waals surface area contributed by atoms with Gasteiger partial charge in [0.2, 0.25) is 5.91 Å². The van der Waals surface area contributed by atoms with Crippen LogP contribution in [0.1, 0.15) is 95.7 Å². The quantitative estimate of drug-likeness (QED) is 0.484. The first-order valence-corrected chi connectivity index (χ1v) is 14.7. The van der Waals surface area contributed by atoms with Crippen LogP contribution in [-0.4, -0.2) is 62.6 Å². The first-order valence-electron chi connectivity index (χ1n) is 14.7. The number of hydrogen-bond donors (Lipinski definition) is 1. The molecular weight excluding hydrogens is 509 g/mol. The Bertz CT molecular complexity index is 1200. The molecule has 3 heterocycles. The molecular formula is C31H46FN5O3. The maximum absolute atomic E-state index is 14.1. The summed E-state index contributed by atoms with van der Waals surface area (Å²) < 4.78 is 22.0. The lowest BCUT2D eigenvalue weighted by molar-refractivity contribution is -0.135. The number of halogens is 1. The van der Waals surface area contributed by atoms with Crippen LogP contribution in [0.4, 0.5) is 9.18 Å². The number of imidazole rings is 1. The molecule has 2 atom stereocenters. The van der Waals surface area contributed by atoms with Gasteiger partial charge in [-0.05, 0) is 71.6 Å². The van der Waals surface area contributed by atoms with E-state index in [-0.39, 0.29) is 29.7 Å². The molecule has 1 unspecified atom stereocenters. The Hall–Kier alpha value is -2.94. The van der Waals surface area contributed by atoms with Gasteiger partial charge in [0.05, 0.1) is 24.0 Å². The smallest absolute Gasteiger partial charge is 0.408 e. The Kier molecular flexibility index (Phi) is 9.22. The molecule has 1 saturated heterocycles. The lowest BCUT2D eigenvalue weighted by Gasteiger charge is -2.39. The molecule has 0 aliphatic carbocycles. The molecule has 2 aliphatic heterocycles. The maximum atomic E-state index is 14.1. The number of ether oxygens (including phenoxy) is 1. The second kappa shape index (κ2) is 12.3. The molecule has 8 nitrogen and oxygen atoms in total. The molecule has 2 amide bonds. The summed E-state index contributed by atoms with van der Waals surface area (Å²) in [5.41, 5.74) is 2.44. The normalized spacial score (nSPS) is 18.4. The van der Waals surface area contributed by atoms with E-state index in [9.17, 15) is 14.0 Å². The van der Waals surface area contributed by atoms with Gasteiger partial charge >= 0.3 is 6.09 Å². The van der Waals surface area contributed by atoms with E-state index in [0.29, 0.717) is 19.0 Å². The highest BCUT2D eigenvalue weighted by atomic mass is 19.1. The van der Waals surface area contributed by atoms with E-state index in [0.717, 1.165) is 56.0 Å². The lowest BCUT2D eigenvalue weighted by Crippen LogP contribution is -2.44. The number of amides is 2. The Morgan fingerprint density at radius 3 is 2.48 bits per heavy atom. The zero-order chi connectivity index (χ0) is 29.2. The number of piperidine rings is 1. The van der Waals surface area contributed by atoms with E-state index >= 15 is 0 Å². The zero-order valence-electron chi connectivity index (χ0n) is 25.2. The van der Waals surface area contributed by atoms with Crippen LogP contribution < -0.4 is 5.32 Å². The van der Waals surface area contributed by atoms with Crippen molar-refractivity contribution in [2.24, 2.45) is 5.92 Å². The molecule has 220 valence electrons. The average Bonchev–Trinajstić information content (AvgIpc) is 3.21. The van der Waals surface area contributed by atoms with Gasteiger partial charge in [-0.2, -0.15) is 0 Å². The topological polar surface area (TPSA) is 79.7 Å². The van der Waals surface area contributed by atoms with E-state index in [1.54, 1.807) is 6.07 Å². The molecule has 0 spiro atoms. The van der Waals surface area contributed by atoms with Gasteiger partial charge in [-0.1, -0.05) is 26.0 Å². The monoisotopic (exact) mass is 555 g/mol. The van der Waals surface area contributed by atoms with Crippen molar-refractivity contribution in [1.29, 1.82) is 0 Å². The SMILES string of the molecule is Cc1nc2c(n1C1CCN(C(C)C[C@H](NC(=O)OC(C)(C)C)c3cccc(F)c3)CC1)CN(C(=O)C(C)C)CC2. The molecule has 40 heavy (non-hydrogen) atoms. The summed E-state index contributed by atoms with van der Waals surface area (Å²) >= 11 is 0. The molecule has 4 rings (SSSR count). The highest BCUT2D eigenvalue weighted by Crippen LogP contribution is 2.32. The third-order valence-corrected chi connectivity index (χ3v) is 8.04. The van der Waals surface area contributed by atoms with Gasteiger partial charge in [-0.25, -0.2) is 14.2 Å². The van der Waals surface area contributed by atoms with E-state index in [4.69, 9.17) is 9.72 Å². The highest BCUT2D eigenvalue weighted by Gasteiger charge is 2.32. The predicted octanol–water partition coefficient (Wildman–Crippen LogP) is 5.55. The number of alkyl carbamates (subject to hydrolysis) is 1. The number of carbonyl (C=O) groups excluding carboxylic acids is 2. The molecule has 0 bridgehead atoms. The van der Waals surface area contributed by atoms with Gasteiger partial charge in [0.25, 0.3) is 0 Å². The minimum absolute atomic E-state index is 0.00948. The average molecular weight is 556 g/mol. The first-order chi connectivity index (χ1) is 18.8. The Balaban J connectivity index is 1.42. The number of carbonyl (C=O) groups is 2. The van der Waals surface area contributed by atoms with Crippen molar-refractivity contribution in [3.63, 3.8) is 0 Å². The third kappa shape index (κ3) is 7.22. The van der Waals surface area contributed by atoms with Crippen LogP contribution in [0.3, 0.4) is 0 Å². The van der Waals surface area contributed by atoms with Crippen LogP contribution in [0.2, 0.25) is 0 Å². The van der Waals surface area contributed by atoms with Gasteiger partial charge in [-0.3, -0.25) is 4.79 Å². The number of aromatic nitrogens is 2. The largest absolute Gasteiger partial charge is 0.444 e. The van der Waals surface area contributed by atoms with Crippen molar-refractivity contribution < 1.29 is 18.7 Å². The second-order valence-corrected chi connectivity index (χ2v) is 12.7. The zero-order valence-corrected chi connectivity index (χ0v) is 25.2. The number of hydrogen-bond acceptors (Lipinski definition) is 5. The predicted molar refractivity (Wildman–Crippen MR) is 153 cm³/mol. The van der Waals surface area contributed by atoms with Crippen molar-refractivity contribution in [2.45, 2.75) is 104 Å². The summed E-state index contributed by atoms with van der Waals surface area (Å²) in [6.45, 7) is 16.8. The van der Waals surface area contributed by atoms with Crippen LogP contribution in [-0.2, 0) is 22.5 Å². The number of fused-ring (bicyclic) bond motifs is 1. The minimum atomic E-state index is -0.617. The molecule has 0 saturated carbocycles. The Labute approximate surface area is 238 Å². The van der Waals surface area contributed by atoms with E-state index < -0.39 is 11.7 Å². The second-order valence-electron chi connectivity index (χ2n) is 12.7. The van der Waals surface area contributed by atoms with Gasteiger partial charge in [0.1, 0.15) is 17.2 Å².